The van der Waals surface area contributed by atoms with Crippen molar-refractivity contribution < 1.29 is 5.11 Å². The third-order valence-corrected chi connectivity index (χ3v) is 3.32. The number of benzene rings is 1. The Hall–Kier alpha value is -2.56. The van der Waals surface area contributed by atoms with Gasteiger partial charge in [0.1, 0.15) is 17.4 Å². The number of aromatic nitrogens is 3. The Kier molecular flexibility index (Phi) is 3.25. The third-order valence-electron chi connectivity index (χ3n) is 3.32. The van der Waals surface area contributed by atoms with Crippen molar-refractivity contribution in [2.24, 2.45) is 0 Å². The minimum atomic E-state index is 0.0606. The van der Waals surface area contributed by atoms with E-state index in [0.717, 1.165) is 28.8 Å². The highest BCUT2D eigenvalue weighted by Gasteiger charge is 2.13. The summed E-state index contributed by atoms with van der Waals surface area (Å²) in [4.78, 5) is 11.8. The highest BCUT2D eigenvalue weighted by molar-refractivity contribution is 5.92. The average molecular weight is 268 g/mol. The molecule has 20 heavy (non-hydrogen) atoms. The Bertz CT molecular complexity index is 709. The summed E-state index contributed by atoms with van der Waals surface area (Å²) in [5.74, 6) is 1.87. The van der Waals surface area contributed by atoms with Crippen molar-refractivity contribution >= 4 is 16.6 Å². The SMILES string of the molecule is CCC(Nc1nccc2ccc(O)cc12)c1ncc[nH]1. The van der Waals surface area contributed by atoms with Crippen molar-refractivity contribution in [1.82, 2.24) is 15.0 Å². The van der Waals surface area contributed by atoms with E-state index in [-0.39, 0.29) is 11.8 Å². The van der Waals surface area contributed by atoms with Crippen LogP contribution in [-0.4, -0.2) is 20.1 Å². The van der Waals surface area contributed by atoms with E-state index in [1.54, 1.807) is 24.5 Å². The minimum absolute atomic E-state index is 0.0606. The molecule has 3 N–H and O–H groups in total. The van der Waals surface area contributed by atoms with Crippen molar-refractivity contribution in [3.05, 3.63) is 48.7 Å². The maximum absolute atomic E-state index is 9.66. The van der Waals surface area contributed by atoms with Gasteiger partial charge in [-0.15, -0.1) is 0 Å². The minimum Gasteiger partial charge on any atom is -0.508 e. The highest BCUT2D eigenvalue weighted by Crippen LogP contribution is 2.28. The van der Waals surface area contributed by atoms with E-state index in [4.69, 9.17) is 0 Å². The van der Waals surface area contributed by atoms with E-state index >= 15 is 0 Å². The summed E-state index contributed by atoms with van der Waals surface area (Å²) >= 11 is 0. The number of phenols is 1. The van der Waals surface area contributed by atoms with Crippen LogP contribution in [0.2, 0.25) is 0 Å². The Balaban J connectivity index is 1.99. The standard InChI is InChI=1S/C15H16N4O/c1-2-13(15-17-7-8-18-15)19-14-12-9-11(20)4-3-10(12)5-6-16-14/h3-9,13,20H,2H2,1H3,(H,16,19)(H,17,18). The number of hydrogen-bond donors (Lipinski definition) is 3. The number of nitrogens with one attached hydrogen (secondary N) is 2. The Morgan fingerprint density at radius 3 is 2.90 bits per heavy atom. The van der Waals surface area contributed by atoms with Crippen LogP contribution in [0.5, 0.6) is 5.75 Å². The molecule has 5 heteroatoms. The lowest BCUT2D eigenvalue weighted by Gasteiger charge is -2.16. The van der Waals surface area contributed by atoms with Crippen LogP contribution in [0, 0.1) is 0 Å². The second-order valence-corrected chi connectivity index (χ2v) is 4.64. The van der Waals surface area contributed by atoms with Crippen molar-refractivity contribution in [2.45, 2.75) is 19.4 Å². The van der Waals surface area contributed by atoms with Gasteiger partial charge in [-0.05, 0) is 30.0 Å². The molecule has 3 aromatic rings. The third kappa shape index (κ3) is 2.30. The molecular formula is C15H16N4O. The van der Waals surface area contributed by atoms with Gasteiger partial charge in [-0.2, -0.15) is 0 Å². The molecule has 0 aliphatic carbocycles. The topological polar surface area (TPSA) is 73.8 Å². The molecule has 0 amide bonds. The van der Waals surface area contributed by atoms with Crippen molar-refractivity contribution in [3.63, 3.8) is 0 Å². The average Bonchev–Trinajstić information content (AvgIpc) is 2.99. The molecule has 5 nitrogen and oxygen atoms in total. The second kappa shape index (κ2) is 5.21. The zero-order valence-corrected chi connectivity index (χ0v) is 11.2. The number of fused-ring (bicyclic) bond motifs is 1. The predicted octanol–water partition coefficient (Wildman–Crippen LogP) is 3.23. The lowest BCUT2D eigenvalue weighted by Crippen LogP contribution is -2.12. The molecule has 3 rings (SSSR count). The quantitative estimate of drug-likeness (QED) is 0.679. The Morgan fingerprint density at radius 2 is 2.15 bits per heavy atom. The number of anilines is 1. The Morgan fingerprint density at radius 1 is 1.25 bits per heavy atom. The van der Waals surface area contributed by atoms with E-state index < -0.39 is 0 Å². The van der Waals surface area contributed by atoms with Crippen LogP contribution in [0.15, 0.2) is 42.9 Å². The van der Waals surface area contributed by atoms with Crippen LogP contribution < -0.4 is 5.32 Å². The molecule has 0 aliphatic rings. The molecule has 0 bridgehead atoms. The van der Waals surface area contributed by atoms with Gasteiger partial charge in [-0.1, -0.05) is 13.0 Å². The molecule has 0 radical (unpaired) electrons. The second-order valence-electron chi connectivity index (χ2n) is 4.64. The van der Waals surface area contributed by atoms with Crippen molar-refractivity contribution in [2.75, 3.05) is 5.32 Å². The van der Waals surface area contributed by atoms with E-state index in [1.165, 1.54) is 0 Å². The molecule has 2 aromatic heterocycles. The fraction of sp³-hybridized carbons (Fsp3) is 0.200. The monoisotopic (exact) mass is 268 g/mol. The maximum atomic E-state index is 9.66. The largest absolute Gasteiger partial charge is 0.508 e. The summed E-state index contributed by atoms with van der Waals surface area (Å²) in [6, 6.07) is 7.26. The summed E-state index contributed by atoms with van der Waals surface area (Å²) in [5, 5.41) is 15.0. The maximum Gasteiger partial charge on any atom is 0.134 e. The van der Waals surface area contributed by atoms with Crippen molar-refractivity contribution in [3.8, 4) is 5.75 Å². The van der Waals surface area contributed by atoms with Crippen LogP contribution in [0.25, 0.3) is 10.8 Å². The lowest BCUT2D eigenvalue weighted by atomic mass is 10.1. The van der Waals surface area contributed by atoms with Gasteiger partial charge in [0.25, 0.3) is 0 Å². The molecule has 1 unspecified atom stereocenters. The number of phenolic OH excluding ortho intramolecular Hbond substituents is 1. The lowest BCUT2D eigenvalue weighted by molar-refractivity contribution is 0.476. The van der Waals surface area contributed by atoms with Crippen LogP contribution in [0.4, 0.5) is 5.82 Å². The van der Waals surface area contributed by atoms with Gasteiger partial charge in [0.15, 0.2) is 0 Å². The predicted molar refractivity (Wildman–Crippen MR) is 78.7 cm³/mol. The van der Waals surface area contributed by atoms with Gasteiger partial charge in [0.2, 0.25) is 0 Å². The van der Waals surface area contributed by atoms with Gasteiger partial charge in [0.05, 0.1) is 6.04 Å². The first-order chi connectivity index (χ1) is 9.78. The van der Waals surface area contributed by atoms with E-state index in [0.29, 0.717) is 0 Å². The van der Waals surface area contributed by atoms with Gasteiger partial charge in [-0.25, -0.2) is 9.97 Å². The van der Waals surface area contributed by atoms with Crippen LogP contribution in [0.1, 0.15) is 25.2 Å². The first-order valence-electron chi connectivity index (χ1n) is 6.61. The molecule has 1 atom stereocenters. The van der Waals surface area contributed by atoms with Gasteiger partial charge in [-0.3, -0.25) is 0 Å². The summed E-state index contributed by atoms with van der Waals surface area (Å²) in [6.07, 6.45) is 6.19. The summed E-state index contributed by atoms with van der Waals surface area (Å²) in [5.41, 5.74) is 0. The fourth-order valence-electron chi connectivity index (χ4n) is 2.27. The molecule has 1 aromatic carbocycles. The molecule has 0 saturated heterocycles. The first kappa shape index (κ1) is 12.5. The first-order valence-corrected chi connectivity index (χ1v) is 6.61. The number of pyridine rings is 1. The number of aromatic amines is 1. The summed E-state index contributed by atoms with van der Waals surface area (Å²) in [7, 11) is 0. The van der Waals surface area contributed by atoms with E-state index in [1.807, 2.05) is 18.3 Å². The van der Waals surface area contributed by atoms with Gasteiger partial charge >= 0.3 is 0 Å². The van der Waals surface area contributed by atoms with Crippen molar-refractivity contribution in [1.29, 1.82) is 0 Å². The van der Waals surface area contributed by atoms with Gasteiger partial charge in [0, 0.05) is 24.0 Å². The van der Waals surface area contributed by atoms with E-state index in [9.17, 15) is 5.11 Å². The summed E-state index contributed by atoms with van der Waals surface area (Å²) in [6.45, 7) is 2.09. The fourth-order valence-corrected chi connectivity index (χ4v) is 2.27. The van der Waals surface area contributed by atoms with Crippen LogP contribution in [0.3, 0.4) is 0 Å². The molecule has 0 spiro atoms. The zero-order chi connectivity index (χ0) is 13.9. The molecule has 0 fully saturated rings. The van der Waals surface area contributed by atoms with Gasteiger partial charge < -0.3 is 15.4 Å². The normalized spacial score (nSPS) is 12.4. The highest BCUT2D eigenvalue weighted by atomic mass is 16.3. The smallest absolute Gasteiger partial charge is 0.134 e. The number of nitrogens with zero attached hydrogens (tertiary/aromatic N) is 2. The van der Waals surface area contributed by atoms with Crippen LogP contribution >= 0.6 is 0 Å². The molecular weight excluding hydrogens is 252 g/mol. The van der Waals surface area contributed by atoms with Crippen LogP contribution in [-0.2, 0) is 0 Å². The van der Waals surface area contributed by atoms with E-state index in [2.05, 4.69) is 27.2 Å². The molecule has 0 aliphatic heterocycles. The summed E-state index contributed by atoms with van der Waals surface area (Å²) < 4.78 is 0. The molecule has 102 valence electrons. The molecule has 2 heterocycles. The number of hydrogen-bond acceptors (Lipinski definition) is 4. The number of H-pyrrole nitrogens is 1. The molecule has 0 saturated carbocycles. The number of rotatable bonds is 4. The zero-order valence-electron chi connectivity index (χ0n) is 11.2. The Labute approximate surface area is 116 Å². The number of imidazole rings is 1. The number of aromatic hydroxyl groups is 1.